The Hall–Kier alpha value is -0.420. The van der Waals surface area contributed by atoms with Crippen LogP contribution in [-0.4, -0.2) is 44.3 Å². The molecule has 0 radical (unpaired) electrons. The zero-order valence-corrected chi connectivity index (χ0v) is 11.8. The number of nitrogens with one attached hydrogen (secondary N) is 1. The highest BCUT2D eigenvalue weighted by Crippen LogP contribution is 2.11. The van der Waals surface area contributed by atoms with Gasteiger partial charge in [0.15, 0.2) is 0 Å². The maximum absolute atomic E-state index is 5.28. The molecule has 0 atom stereocenters. The fourth-order valence-corrected chi connectivity index (χ4v) is 2.37. The van der Waals surface area contributed by atoms with E-state index in [9.17, 15) is 0 Å². The molecule has 1 N–H and O–H groups in total. The highest BCUT2D eigenvalue weighted by atomic mass is 32.1. The van der Waals surface area contributed by atoms with Gasteiger partial charge in [0.2, 0.25) is 0 Å². The molecule has 0 aliphatic carbocycles. The minimum Gasteiger partial charge on any atom is -0.380 e. The third-order valence-electron chi connectivity index (χ3n) is 2.64. The summed E-state index contributed by atoms with van der Waals surface area (Å²) in [6.07, 6.45) is 0. The van der Waals surface area contributed by atoms with E-state index in [0.717, 1.165) is 45.9 Å². The second-order valence-electron chi connectivity index (χ2n) is 3.90. The van der Waals surface area contributed by atoms with Gasteiger partial charge in [-0.15, -0.1) is 11.3 Å². The lowest BCUT2D eigenvalue weighted by Gasteiger charge is -2.19. The van der Waals surface area contributed by atoms with Gasteiger partial charge in [0.25, 0.3) is 0 Å². The normalized spacial score (nSPS) is 11.2. The Morgan fingerprint density at radius 2 is 2.24 bits per heavy atom. The number of rotatable bonds is 10. The summed E-state index contributed by atoms with van der Waals surface area (Å²) in [6, 6.07) is 4.32. The minimum absolute atomic E-state index is 0.807. The van der Waals surface area contributed by atoms with Crippen LogP contribution in [0.4, 0.5) is 0 Å². The zero-order chi connectivity index (χ0) is 12.3. The monoisotopic (exact) mass is 256 g/mol. The number of thiophene rings is 1. The highest BCUT2D eigenvalue weighted by Gasteiger charge is 2.03. The summed E-state index contributed by atoms with van der Waals surface area (Å²) in [5, 5.41) is 5.54. The molecule has 1 rings (SSSR count). The van der Waals surface area contributed by atoms with E-state index in [0.29, 0.717) is 0 Å². The first-order valence-electron chi connectivity index (χ1n) is 6.40. The van der Waals surface area contributed by atoms with E-state index in [1.807, 2.05) is 18.3 Å². The van der Waals surface area contributed by atoms with Crippen LogP contribution in [-0.2, 0) is 11.3 Å². The van der Waals surface area contributed by atoms with E-state index < -0.39 is 0 Å². The lowest BCUT2D eigenvalue weighted by Crippen LogP contribution is -2.32. The van der Waals surface area contributed by atoms with Crippen LogP contribution < -0.4 is 5.32 Å². The predicted molar refractivity (Wildman–Crippen MR) is 74.6 cm³/mol. The molecule has 4 heteroatoms. The lowest BCUT2D eigenvalue weighted by molar-refractivity contribution is 0.148. The van der Waals surface area contributed by atoms with Gasteiger partial charge in [-0.1, -0.05) is 13.0 Å². The van der Waals surface area contributed by atoms with Gasteiger partial charge in [-0.3, -0.25) is 4.90 Å². The second kappa shape index (κ2) is 9.59. The third-order valence-corrected chi connectivity index (χ3v) is 3.50. The van der Waals surface area contributed by atoms with Gasteiger partial charge in [0.1, 0.15) is 0 Å². The zero-order valence-electron chi connectivity index (χ0n) is 10.9. The van der Waals surface area contributed by atoms with E-state index in [2.05, 4.69) is 34.7 Å². The second-order valence-corrected chi connectivity index (χ2v) is 4.93. The van der Waals surface area contributed by atoms with Crippen LogP contribution in [0.1, 0.15) is 18.7 Å². The maximum Gasteiger partial charge on any atom is 0.0590 e. The summed E-state index contributed by atoms with van der Waals surface area (Å²) in [5.74, 6) is 0. The molecule has 0 saturated carbocycles. The van der Waals surface area contributed by atoms with Gasteiger partial charge in [0.05, 0.1) is 6.61 Å². The molecular weight excluding hydrogens is 232 g/mol. The van der Waals surface area contributed by atoms with Crippen molar-refractivity contribution in [3.05, 3.63) is 22.4 Å². The molecule has 1 aromatic rings. The first kappa shape index (κ1) is 14.6. The predicted octanol–water partition coefficient (Wildman–Crippen LogP) is 2.20. The van der Waals surface area contributed by atoms with E-state index in [4.69, 9.17) is 4.74 Å². The number of hydrogen-bond acceptors (Lipinski definition) is 4. The van der Waals surface area contributed by atoms with Crippen molar-refractivity contribution in [3.8, 4) is 0 Å². The molecule has 0 saturated heterocycles. The van der Waals surface area contributed by atoms with Gasteiger partial charge in [0, 0.05) is 37.7 Å². The fourth-order valence-electron chi connectivity index (χ4n) is 1.62. The quantitative estimate of drug-likeness (QED) is 0.650. The van der Waals surface area contributed by atoms with Gasteiger partial charge in [-0.25, -0.2) is 0 Å². The molecule has 1 heterocycles. The standard InChI is InChI=1S/C13H24N2OS/c1-3-15(12-13-6-5-11-17-13)9-7-14-8-10-16-4-2/h5-6,11,14H,3-4,7-10,12H2,1-2H3. The summed E-state index contributed by atoms with van der Waals surface area (Å²) in [6.45, 7) is 11.1. The van der Waals surface area contributed by atoms with E-state index >= 15 is 0 Å². The Kier molecular flexibility index (Phi) is 8.26. The SMILES string of the molecule is CCOCCNCCN(CC)Cc1cccs1. The number of nitrogens with zero attached hydrogens (tertiary/aromatic N) is 1. The summed E-state index contributed by atoms with van der Waals surface area (Å²) in [7, 11) is 0. The van der Waals surface area contributed by atoms with Crippen molar-refractivity contribution >= 4 is 11.3 Å². The van der Waals surface area contributed by atoms with Crippen LogP contribution >= 0.6 is 11.3 Å². The van der Waals surface area contributed by atoms with Crippen molar-refractivity contribution in [2.24, 2.45) is 0 Å². The van der Waals surface area contributed by atoms with Crippen molar-refractivity contribution in [3.63, 3.8) is 0 Å². The summed E-state index contributed by atoms with van der Waals surface area (Å²) >= 11 is 1.83. The molecule has 0 amide bonds. The average Bonchev–Trinajstić information content (AvgIpc) is 2.85. The molecule has 0 aliphatic heterocycles. The van der Waals surface area contributed by atoms with Gasteiger partial charge in [-0.05, 0) is 24.9 Å². The number of ether oxygens (including phenoxy) is 1. The molecule has 1 aromatic heterocycles. The van der Waals surface area contributed by atoms with Gasteiger partial charge in [-0.2, -0.15) is 0 Å². The van der Waals surface area contributed by atoms with Crippen LogP contribution in [0.5, 0.6) is 0 Å². The topological polar surface area (TPSA) is 24.5 Å². The Balaban J connectivity index is 2.06. The molecule has 3 nitrogen and oxygen atoms in total. The van der Waals surface area contributed by atoms with E-state index in [1.165, 1.54) is 4.88 Å². The van der Waals surface area contributed by atoms with Crippen LogP contribution in [0, 0.1) is 0 Å². The van der Waals surface area contributed by atoms with Crippen molar-refractivity contribution in [2.75, 3.05) is 39.4 Å². The fraction of sp³-hybridized carbons (Fsp3) is 0.692. The molecule has 0 aromatic carbocycles. The van der Waals surface area contributed by atoms with Crippen molar-refractivity contribution in [1.29, 1.82) is 0 Å². The van der Waals surface area contributed by atoms with Crippen molar-refractivity contribution in [2.45, 2.75) is 20.4 Å². The Morgan fingerprint density at radius 1 is 1.35 bits per heavy atom. The third kappa shape index (κ3) is 6.78. The minimum atomic E-state index is 0.807. The lowest BCUT2D eigenvalue weighted by atomic mass is 10.4. The summed E-state index contributed by atoms with van der Waals surface area (Å²) in [4.78, 5) is 3.90. The van der Waals surface area contributed by atoms with Crippen molar-refractivity contribution in [1.82, 2.24) is 10.2 Å². The van der Waals surface area contributed by atoms with Crippen LogP contribution in [0.15, 0.2) is 17.5 Å². The summed E-state index contributed by atoms with van der Waals surface area (Å²) in [5.41, 5.74) is 0. The number of hydrogen-bond donors (Lipinski definition) is 1. The Morgan fingerprint density at radius 3 is 2.88 bits per heavy atom. The highest BCUT2D eigenvalue weighted by molar-refractivity contribution is 7.09. The van der Waals surface area contributed by atoms with Crippen molar-refractivity contribution < 1.29 is 4.74 Å². The maximum atomic E-state index is 5.28. The van der Waals surface area contributed by atoms with Crippen LogP contribution in [0.3, 0.4) is 0 Å². The Labute approximate surface area is 109 Å². The van der Waals surface area contributed by atoms with Crippen LogP contribution in [0.25, 0.3) is 0 Å². The van der Waals surface area contributed by atoms with Gasteiger partial charge >= 0.3 is 0 Å². The first-order chi connectivity index (χ1) is 8.36. The van der Waals surface area contributed by atoms with E-state index in [-0.39, 0.29) is 0 Å². The molecule has 17 heavy (non-hydrogen) atoms. The van der Waals surface area contributed by atoms with Crippen LogP contribution in [0.2, 0.25) is 0 Å². The van der Waals surface area contributed by atoms with E-state index in [1.54, 1.807) is 0 Å². The smallest absolute Gasteiger partial charge is 0.0590 e. The Bertz CT molecular complexity index is 264. The molecule has 0 unspecified atom stereocenters. The molecule has 0 aliphatic rings. The largest absolute Gasteiger partial charge is 0.380 e. The molecule has 98 valence electrons. The molecule has 0 spiro atoms. The molecule has 0 fully saturated rings. The molecule has 0 bridgehead atoms. The molecular formula is C13H24N2OS. The van der Waals surface area contributed by atoms with Gasteiger partial charge < -0.3 is 10.1 Å². The number of likely N-dealkylation sites (N-methyl/N-ethyl adjacent to an activating group) is 1. The average molecular weight is 256 g/mol. The summed E-state index contributed by atoms with van der Waals surface area (Å²) < 4.78 is 5.28. The first-order valence-corrected chi connectivity index (χ1v) is 7.28.